The summed E-state index contributed by atoms with van der Waals surface area (Å²) in [7, 11) is 0. The van der Waals surface area contributed by atoms with Crippen LogP contribution >= 0.6 is 0 Å². The highest BCUT2D eigenvalue weighted by molar-refractivity contribution is 6.00. The summed E-state index contributed by atoms with van der Waals surface area (Å²) < 4.78 is 13.3. The van der Waals surface area contributed by atoms with Crippen molar-refractivity contribution in [1.82, 2.24) is 15.5 Å². The Bertz CT molecular complexity index is 627. The monoisotopic (exact) mass is 319 g/mol. The lowest BCUT2D eigenvalue weighted by atomic mass is 10.0. The molecular weight excluding hydrogens is 301 g/mol. The molecule has 0 bridgehead atoms. The standard InChI is InChI=1S/C16H18FN3O3/c17-12-3-1-2-11(6-12)13-7-15(22)20(16(23)19-13)9-14(21)18-8-10-4-5-10/h1-3,6,10,13H,4-5,7-9H2,(H,18,21)(H,19,23). The van der Waals surface area contributed by atoms with E-state index in [0.29, 0.717) is 18.0 Å². The Hall–Kier alpha value is -2.44. The highest BCUT2D eigenvalue weighted by Crippen LogP contribution is 2.27. The number of hydrogen-bond donors (Lipinski definition) is 2. The van der Waals surface area contributed by atoms with Gasteiger partial charge in [-0.15, -0.1) is 0 Å². The summed E-state index contributed by atoms with van der Waals surface area (Å²) in [6.45, 7) is 0.307. The van der Waals surface area contributed by atoms with E-state index in [1.165, 1.54) is 18.2 Å². The summed E-state index contributed by atoms with van der Waals surface area (Å²) in [6, 6.07) is 4.56. The molecule has 0 aromatic heterocycles. The molecule has 1 saturated carbocycles. The summed E-state index contributed by atoms with van der Waals surface area (Å²) >= 11 is 0. The highest BCUT2D eigenvalue weighted by atomic mass is 19.1. The van der Waals surface area contributed by atoms with Crippen LogP contribution in [-0.2, 0) is 9.59 Å². The number of imide groups is 1. The number of nitrogens with one attached hydrogen (secondary N) is 2. The molecule has 122 valence electrons. The number of amides is 4. The van der Waals surface area contributed by atoms with Gasteiger partial charge < -0.3 is 10.6 Å². The van der Waals surface area contributed by atoms with Crippen molar-refractivity contribution in [2.45, 2.75) is 25.3 Å². The molecule has 2 aliphatic rings. The molecule has 2 fully saturated rings. The molecule has 2 N–H and O–H groups in total. The van der Waals surface area contributed by atoms with Crippen LogP contribution in [0.4, 0.5) is 9.18 Å². The first-order chi connectivity index (χ1) is 11.0. The number of urea groups is 1. The minimum Gasteiger partial charge on any atom is -0.354 e. The molecule has 1 aliphatic heterocycles. The quantitative estimate of drug-likeness (QED) is 0.859. The van der Waals surface area contributed by atoms with E-state index in [2.05, 4.69) is 10.6 Å². The average Bonchev–Trinajstić information content (AvgIpc) is 3.33. The second kappa shape index (κ2) is 6.36. The van der Waals surface area contributed by atoms with E-state index in [1.807, 2.05) is 0 Å². The van der Waals surface area contributed by atoms with Crippen LogP contribution in [0.5, 0.6) is 0 Å². The molecule has 4 amide bonds. The predicted octanol–water partition coefficient (Wildman–Crippen LogP) is 1.33. The minimum absolute atomic E-state index is 0.00506. The van der Waals surface area contributed by atoms with Gasteiger partial charge in [-0.1, -0.05) is 12.1 Å². The van der Waals surface area contributed by atoms with Gasteiger partial charge in [0.25, 0.3) is 0 Å². The van der Waals surface area contributed by atoms with Crippen LogP contribution in [0.2, 0.25) is 0 Å². The van der Waals surface area contributed by atoms with Crippen molar-refractivity contribution in [3.63, 3.8) is 0 Å². The Balaban J connectivity index is 1.59. The van der Waals surface area contributed by atoms with Gasteiger partial charge in [0.2, 0.25) is 11.8 Å². The van der Waals surface area contributed by atoms with Gasteiger partial charge in [-0.2, -0.15) is 0 Å². The number of halogens is 1. The average molecular weight is 319 g/mol. The fourth-order valence-electron chi connectivity index (χ4n) is 2.54. The van der Waals surface area contributed by atoms with Crippen molar-refractivity contribution < 1.29 is 18.8 Å². The zero-order valence-electron chi connectivity index (χ0n) is 12.5. The molecule has 1 aromatic rings. The molecule has 1 aliphatic carbocycles. The van der Waals surface area contributed by atoms with Crippen molar-refractivity contribution in [2.75, 3.05) is 13.1 Å². The van der Waals surface area contributed by atoms with Gasteiger partial charge in [0.1, 0.15) is 12.4 Å². The van der Waals surface area contributed by atoms with Gasteiger partial charge >= 0.3 is 6.03 Å². The van der Waals surface area contributed by atoms with Crippen molar-refractivity contribution in [1.29, 1.82) is 0 Å². The van der Waals surface area contributed by atoms with Gasteiger partial charge in [-0.05, 0) is 36.5 Å². The topological polar surface area (TPSA) is 78.5 Å². The van der Waals surface area contributed by atoms with Gasteiger partial charge in [0.15, 0.2) is 0 Å². The molecule has 1 atom stereocenters. The maximum Gasteiger partial charge on any atom is 0.325 e. The van der Waals surface area contributed by atoms with Gasteiger partial charge in [0, 0.05) is 6.54 Å². The van der Waals surface area contributed by atoms with Crippen LogP contribution in [0, 0.1) is 11.7 Å². The molecule has 0 radical (unpaired) electrons. The molecule has 1 aromatic carbocycles. The van der Waals surface area contributed by atoms with E-state index in [4.69, 9.17) is 0 Å². The van der Waals surface area contributed by atoms with Crippen LogP contribution in [0.25, 0.3) is 0 Å². The second-order valence-corrected chi connectivity index (χ2v) is 5.99. The van der Waals surface area contributed by atoms with Crippen molar-refractivity contribution in [3.8, 4) is 0 Å². The Labute approximate surface area is 133 Å². The zero-order chi connectivity index (χ0) is 16.4. The molecule has 1 unspecified atom stereocenters. The fourth-order valence-corrected chi connectivity index (χ4v) is 2.54. The summed E-state index contributed by atoms with van der Waals surface area (Å²) in [5, 5.41) is 5.36. The maximum absolute atomic E-state index is 13.3. The van der Waals surface area contributed by atoms with E-state index in [1.54, 1.807) is 6.07 Å². The zero-order valence-corrected chi connectivity index (χ0v) is 12.5. The first-order valence-corrected chi connectivity index (χ1v) is 7.66. The molecule has 6 nitrogen and oxygen atoms in total. The number of benzene rings is 1. The lowest BCUT2D eigenvalue weighted by molar-refractivity contribution is -0.134. The Morgan fingerprint density at radius 3 is 2.78 bits per heavy atom. The van der Waals surface area contributed by atoms with Gasteiger partial charge in [-0.3, -0.25) is 14.5 Å². The van der Waals surface area contributed by atoms with Crippen molar-refractivity contribution >= 4 is 17.8 Å². The summed E-state index contributed by atoms with van der Waals surface area (Å²) in [5.41, 5.74) is 0.532. The Kier molecular flexibility index (Phi) is 4.27. The van der Waals surface area contributed by atoms with Gasteiger partial charge in [-0.25, -0.2) is 9.18 Å². The summed E-state index contributed by atoms with van der Waals surface area (Å²) in [6.07, 6.45) is 2.22. The van der Waals surface area contributed by atoms with Crippen LogP contribution in [-0.4, -0.2) is 35.8 Å². The van der Waals surface area contributed by atoms with Crippen LogP contribution < -0.4 is 10.6 Å². The molecule has 23 heavy (non-hydrogen) atoms. The normalized spacial score (nSPS) is 21.1. The molecule has 0 spiro atoms. The van der Waals surface area contributed by atoms with Crippen LogP contribution in [0.1, 0.15) is 30.9 Å². The number of carbonyl (C=O) groups is 3. The van der Waals surface area contributed by atoms with Crippen molar-refractivity contribution in [3.05, 3.63) is 35.6 Å². The fraction of sp³-hybridized carbons (Fsp3) is 0.438. The smallest absolute Gasteiger partial charge is 0.325 e. The SMILES string of the molecule is O=C(CN1C(=O)CC(c2cccc(F)c2)NC1=O)NCC1CC1. The van der Waals surface area contributed by atoms with Crippen molar-refractivity contribution in [2.24, 2.45) is 5.92 Å². The largest absolute Gasteiger partial charge is 0.354 e. The van der Waals surface area contributed by atoms with Gasteiger partial charge in [0.05, 0.1) is 12.5 Å². The number of carbonyl (C=O) groups excluding carboxylic acids is 3. The lowest BCUT2D eigenvalue weighted by Gasteiger charge is -2.31. The number of nitrogens with zero attached hydrogens (tertiary/aromatic N) is 1. The second-order valence-electron chi connectivity index (χ2n) is 5.99. The Morgan fingerprint density at radius 1 is 1.35 bits per heavy atom. The summed E-state index contributed by atoms with van der Waals surface area (Å²) in [4.78, 5) is 36.9. The molecule has 1 heterocycles. The van der Waals surface area contributed by atoms with Crippen LogP contribution in [0.15, 0.2) is 24.3 Å². The lowest BCUT2D eigenvalue weighted by Crippen LogP contribution is -2.54. The van der Waals surface area contributed by atoms with E-state index in [9.17, 15) is 18.8 Å². The van der Waals surface area contributed by atoms with Crippen LogP contribution in [0.3, 0.4) is 0 Å². The Morgan fingerprint density at radius 2 is 2.13 bits per heavy atom. The maximum atomic E-state index is 13.3. The van der Waals surface area contributed by atoms with E-state index < -0.39 is 23.8 Å². The highest BCUT2D eigenvalue weighted by Gasteiger charge is 2.34. The minimum atomic E-state index is -0.628. The molecule has 7 heteroatoms. The molecule has 3 rings (SSSR count). The first-order valence-electron chi connectivity index (χ1n) is 7.66. The molecular formula is C16H18FN3O3. The van der Waals surface area contributed by atoms with E-state index >= 15 is 0 Å². The number of rotatable bonds is 5. The third-order valence-electron chi connectivity index (χ3n) is 4.06. The number of hydrogen-bond acceptors (Lipinski definition) is 3. The first kappa shape index (κ1) is 15.5. The predicted molar refractivity (Wildman–Crippen MR) is 79.7 cm³/mol. The van der Waals surface area contributed by atoms with E-state index in [-0.39, 0.29) is 18.9 Å². The third kappa shape index (κ3) is 3.85. The summed E-state index contributed by atoms with van der Waals surface area (Å²) in [5.74, 6) is -0.678. The molecule has 1 saturated heterocycles. The third-order valence-corrected chi connectivity index (χ3v) is 4.06. The van der Waals surface area contributed by atoms with E-state index in [0.717, 1.165) is 17.7 Å².